The summed E-state index contributed by atoms with van der Waals surface area (Å²) in [5, 5.41) is 3.02. The van der Waals surface area contributed by atoms with Crippen molar-refractivity contribution in [1.82, 2.24) is 0 Å². The van der Waals surface area contributed by atoms with Crippen molar-refractivity contribution in [2.75, 3.05) is 23.4 Å². The van der Waals surface area contributed by atoms with Crippen LogP contribution in [0.4, 0.5) is 15.8 Å². The number of benzene rings is 2. The zero-order valence-corrected chi connectivity index (χ0v) is 13.2. The molecule has 1 unspecified atom stereocenters. The zero-order chi connectivity index (χ0) is 16.4. The molecule has 1 heterocycles. The van der Waals surface area contributed by atoms with Gasteiger partial charge in [0.1, 0.15) is 24.2 Å². The smallest absolute Gasteiger partial charge is 0.249 e. The van der Waals surface area contributed by atoms with Crippen molar-refractivity contribution in [3.05, 3.63) is 53.8 Å². The zero-order valence-electron chi connectivity index (χ0n) is 13.2. The van der Waals surface area contributed by atoms with E-state index in [2.05, 4.69) is 5.32 Å². The molecule has 0 radical (unpaired) electrons. The number of amides is 1. The van der Waals surface area contributed by atoms with Crippen LogP contribution in [0.5, 0.6) is 5.75 Å². The largest absolute Gasteiger partial charge is 0.492 e. The molecule has 0 aliphatic carbocycles. The third-order valence-electron chi connectivity index (χ3n) is 3.83. The van der Waals surface area contributed by atoms with E-state index < -0.39 is 0 Å². The van der Waals surface area contributed by atoms with Gasteiger partial charge in [0.2, 0.25) is 5.91 Å². The molecule has 1 atom stereocenters. The second-order valence-corrected chi connectivity index (χ2v) is 5.68. The lowest BCUT2D eigenvalue weighted by atomic mass is 10.1. The van der Waals surface area contributed by atoms with Crippen LogP contribution in [0.3, 0.4) is 0 Å². The number of aryl methyl sites for hydroxylation is 1. The summed E-state index contributed by atoms with van der Waals surface area (Å²) >= 11 is 0. The Hall–Kier alpha value is -2.56. The van der Waals surface area contributed by atoms with Crippen LogP contribution < -0.4 is 15.0 Å². The Morgan fingerprint density at radius 2 is 2.09 bits per heavy atom. The second kappa shape index (κ2) is 6.28. The number of ether oxygens (including phenoxy) is 1. The molecule has 2 aromatic rings. The fourth-order valence-electron chi connectivity index (χ4n) is 2.70. The second-order valence-electron chi connectivity index (χ2n) is 5.68. The van der Waals surface area contributed by atoms with Crippen molar-refractivity contribution < 1.29 is 13.9 Å². The molecule has 1 aliphatic heterocycles. The predicted octanol–water partition coefficient (Wildman–Crippen LogP) is 3.36. The molecule has 3 rings (SSSR count). The number of carbonyl (C=O) groups is 1. The molecule has 0 saturated heterocycles. The maximum Gasteiger partial charge on any atom is 0.249 e. The summed E-state index contributed by atoms with van der Waals surface area (Å²) in [6.07, 6.45) is 0. The van der Waals surface area contributed by atoms with E-state index in [0.29, 0.717) is 24.5 Å². The number of halogens is 1. The molecule has 1 aliphatic rings. The van der Waals surface area contributed by atoms with Gasteiger partial charge in [-0.2, -0.15) is 0 Å². The Kier molecular flexibility index (Phi) is 4.19. The molecule has 23 heavy (non-hydrogen) atoms. The molecule has 0 saturated carbocycles. The highest BCUT2D eigenvalue weighted by molar-refractivity contribution is 6.04. The van der Waals surface area contributed by atoms with Crippen LogP contribution in [0.15, 0.2) is 42.5 Å². The van der Waals surface area contributed by atoms with Crippen molar-refractivity contribution in [2.24, 2.45) is 0 Å². The Balaban J connectivity index is 1.73. The highest BCUT2D eigenvalue weighted by Gasteiger charge is 2.29. The maximum absolute atomic E-state index is 13.4. The van der Waals surface area contributed by atoms with Gasteiger partial charge in [0, 0.05) is 0 Å². The molecule has 0 bridgehead atoms. The molecular formula is C18H19FN2O2. The Bertz CT molecular complexity index is 733. The van der Waals surface area contributed by atoms with E-state index in [-0.39, 0.29) is 17.8 Å². The van der Waals surface area contributed by atoms with Crippen LogP contribution in [-0.2, 0) is 4.79 Å². The number of fused-ring (bicyclic) bond motifs is 1. The lowest BCUT2D eigenvalue weighted by Crippen LogP contribution is -2.47. The van der Waals surface area contributed by atoms with E-state index in [1.807, 2.05) is 31.2 Å². The molecule has 1 N–H and O–H groups in total. The number of hydrogen-bond donors (Lipinski definition) is 1. The highest BCUT2D eigenvalue weighted by atomic mass is 19.1. The van der Waals surface area contributed by atoms with Crippen LogP contribution >= 0.6 is 0 Å². The SMILES string of the molecule is Cc1cccc(OCCN2C(=O)C(C)Nc3cc(F)ccc32)c1. The van der Waals surface area contributed by atoms with Crippen LogP contribution in [0.25, 0.3) is 0 Å². The van der Waals surface area contributed by atoms with Gasteiger partial charge in [0.25, 0.3) is 0 Å². The molecule has 0 fully saturated rings. The average molecular weight is 314 g/mol. The predicted molar refractivity (Wildman–Crippen MR) is 88.5 cm³/mol. The van der Waals surface area contributed by atoms with Gasteiger partial charge in [-0.05, 0) is 49.7 Å². The van der Waals surface area contributed by atoms with Crippen LogP contribution in [0.2, 0.25) is 0 Å². The molecule has 5 heteroatoms. The van der Waals surface area contributed by atoms with Crippen molar-refractivity contribution in [3.63, 3.8) is 0 Å². The summed E-state index contributed by atoms with van der Waals surface area (Å²) in [6.45, 7) is 4.56. The lowest BCUT2D eigenvalue weighted by Gasteiger charge is -2.33. The van der Waals surface area contributed by atoms with Crippen molar-refractivity contribution >= 4 is 17.3 Å². The van der Waals surface area contributed by atoms with E-state index >= 15 is 0 Å². The topological polar surface area (TPSA) is 41.6 Å². The van der Waals surface area contributed by atoms with Gasteiger partial charge in [-0.1, -0.05) is 12.1 Å². The quantitative estimate of drug-likeness (QED) is 0.941. The summed E-state index contributed by atoms with van der Waals surface area (Å²) in [4.78, 5) is 14.0. The number of nitrogens with one attached hydrogen (secondary N) is 1. The first kappa shape index (κ1) is 15.3. The molecular weight excluding hydrogens is 295 g/mol. The van der Waals surface area contributed by atoms with Gasteiger partial charge in [0.05, 0.1) is 17.9 Å². The summed E-state index contributed by atoms with van der Waals surface area (Å²) in [5.74, 6) is 0.408. The standard InChI is InChI=1S/C18H19FN2O2/c1-12-4-3-5-15(10-12)23-9-8-21-17-7-6-14(19)11-16(17)20-13(2)18(21)22/h3-7,10-11,13,20H,8-9H2,1-2H3. The van der Waals surface area contributed by atoms with E-state index in [0.717, 1.165) is 11.3 Å². The van der Waals surface area contributed by atoms with Gasteiger partial charge < -0.3 is 15.0 Å². The summed E-state index contributed by atoms with van der Waals surface area (Å²) in [5.41, 5.74) is 2.44. The first-order valence-electron chi connectivity index (χ1n) is 7.61. The first-order valence-corrected chi connectivity index (χ1v) is 7.61. The monoisotopic (exact) mass is 314 g/mol. The Morgan fingerprint density at radius 1 is 1.26 bits per heavy atom. The van der Waals surface area contributed by atoms with E-state index in [1.165, 1.54) is 12.1 Å². The highest BCUT2D eigenvalue weighted by Crippen LogP contribution is 2.31. The number of carbonyl (C=O) groups excluding carboxylic acids is 1. The molecule has 0 aromatic heterocycles. The Labute approximate surface area is 134 Å². The van der Waals surface area contributed by atoms with Gasteiger partial charge in [0.15, 0.2) is 0 Å². The molecule has 2 aromatic carbocycles. The number of anilines is 2. The fraction of sp³-hybridized carbons (Fsp3) is 0.278. The fourth-order valence-corrected chi connectivity index (χ4v) is 2.70. The van der Waals surface area contributed by atoms with E-state index in [1.54, 1.807) is 17.9 Å². The molecule has 120 valence electrons. The van der Waals surface area contributed by atoms with Gasteiger partial charge >= 0.3 is 0 Å². The van der Waals surface area contributed by atoms with Gasteiger partial charge in [-0.3, -0.25) is 4.79 Å². The number of rotatable bonds is 4. The first-order chi connectivity index (χ1) is 11.0. The third kappa shape index (κ3) is 3.28. The van der Waals surface area contributed by atoms with E-state index in [4.69, 9.17) is 4.74 Å². The van der Waals surface area contributed by atoms with Crippen LogP contribution in [0.1, 0.15) is 12.5 Å². The van der Waals surface area contributed by atoms with Crippen molar-refractivity contribution in [1.29, 1.82) is 0 Å². The van der Waals surface area contributed by atoms with E-state index in [9.17, 15) is 9.18 Å². The molecule has 0 spiro atoms. The molecule has 4 nitrogen and oxygen atoms in total. The van der Waals surface area contributed by atoms with Gasteiger partial charge in [-0.25, -0.2) is 4.39 Å². The molecule has 1 amide bonds. The minimum Gasteiger partial charge on any atom is -0.492 e. The summed E-state index contributed by atoms with van der Waals surface area (Å²) in [7, 11) is 0. The Morgan fingerprint density at radius 3 is 2.87 bits per heavy atom. The average Bonchev–Trinajstić information content (AvgIpc) is 2.51. The van der Waals surface area contributed by atoms with Crippen LogP contribution in [0, 0.1) is 12.7 Å². The van der Waals surface area contributed by atoms with Crippen LogP contribution in [-0.4, -0.2) is 25.1 Å². The summed E-state index contributed by atoms with van der Waals surface area (Å²) in [6, 6.07) is 11.8. The summed E-state index contributed by atoms with van der Waals surface area (Å²) < 4.78 is 19.1. The minimum absolute atomic E-state index is 0.0445. The third-order valence-corrected chi connectivity index (χ3v) is 3.83. The maximum atomic E-state index is 13.4. The van der Waals surface area contributed by atoms with Crippen molar-refractivity contribution in [2.45, 2.75) is 19.9 Å². The van der Waals surface area contributed by atoms with Gasteiger partial charge in [-0.15, -0.1) is 0 Å². The normalized spacial score (nSPS) is 16.7. The minimum atomic E-state index is -0.386. The lowest BCUT2D eigenvalue weighted by molar-refractivity contribution is -0.119. The number of hydrogen-bond acceptors (Lipinski definition) is 3. The number of nitrogens with zero attached hydrogens (tertiary/aromatic N) is 1. The van der Waals surface area contributed by atoms with Crippen molar-refractivity contribution in [3.8, 4) is 5.75 Å².